The molecule has 0 aromatic carbocycles. The van der Waals surface area contributed by atoms with Crippen molar-refractivity contribution < 1.29 is 0 Å². The third-order valence-corrected chi connectivity index (χ3v) is 0.623. The lowest BCUT2D eigenvalue weighted by Gasteiger charge is -1.85. The summed E-state index contributed by atoms with van der Waals surface area (Å²) in [4.78, 5) is 0. The summed E-state index contributed by atoms with van der Waals surface area (Å²) >= 11 is 0. The van der Waals surface area contributed by atoms with Gasteiger partial charge in [-0.05, 0) is 12.8 Å². The van der Waals surface area contributed by atoms with E-state index in [1.54, 1.807) is 0 Å². The van der Waals surface area contributed by atoms with Crippen LogP contribution in [-0.4, -0.2) is 0 Å². The summed E-state index contributed by atoms with van der Waals surface area (Å²) in [7, 11) is 0. The van der Waals surface area contributed by atoms with Crippen LogP contribution in [0, 0.1) is 24.7 Å². The molecular weight excluding hydrogens is 84.1 g/mol. The molecule has 0 heterocycles. The van der Waals surface area contributed by atoms with Crippen molar-refractivity contribution in [1.29, 1.82) is 0 Å². The lowest BCUT2D eigenvalue weighted by Crippen LogP contribution is -1.65. The van der Waals surface area contributed by atoms with Crippen LogP contribution in [0.4, 0.5) is 0 Å². The lowest BCUT2D eigenvalue weighted by atomic mass is 10.2. The molecule has 0 rings (SSSR count). The minimum absolute atomic E-state index is 0.699. The van der Waals surface area contributed by atoms with Crippen LogP contribution in [0.3, 0.4) is 0 Å². The van der Waals surface area contributed by atoms with Crippen molar-refractivity contribution in [1.82, 2.24) is 0 Å². The van der Waals surface area contributed by atoms with Crippen molar-refractivity contribution in [3.8, 4) is 18.3 Å². The molecule has 0 nitrogen and oxygen atoms in total. The Hall–Kier alpha value is -0.880. The quantitative estimate of drug-likeness (QED) is 0.273. The molecule has 0 atom stereocenters. The van der Waals surface area contributed by atoms with Crippen LogP contribution in [0.1, 0.15) is 19.3 Å². The molecule has 0 aromatic heterocycles. The Morgan fingerprint density at radius 3 is 2.57 bits per heavy atom. The fourth-order valence-corrected chi connectivity index (χ4v) is 0.279. The third kappa shape index (κ3) is 5.12. The van der Waals surface area contributed by atoms with Gasteiger partial charge in [-0.15, -0.1) is 12.3 Å². The second-order valence-electron chi connectivity index (χ2n) is 1.23. The van der Waals surface area contributed by atoms with Crippen molar-refractivity contribution in [3.05, 3.63) is 6.42 Å². The van der Waals surface area contributed by atoms with E-state index in [0.29, 0.717) is 6.42 Å². The molecule has 0 heteroatoms. The Bertz CT molecular complexity index is 84.2. The van der Waals surface area contributed by atoms with Crippen LogP contribution in [0.15, 0.2) is 0 Å². The van der Waals surface area contributed by atoms with Gasteiger partial charge >= 0.3 is 0 Å². The number of rotatable bonds is 2. The highest BCUT2D eigenvalue weighted by Gasteiger charge is 1.71. The van der Waals surface area contributed by atoms with E-state index in [9.17, 15) is 0 Å². The minimum atomic E-state index is 0.699. The van der Waals surface area contributed by atoms with Gasteiger partial charge in [0.15, 0.2) is 0 Å². The highest BCUT2D eigenvalue weighted by atomic mass is 13.8. The Morgan fingerprint density at radius 2 is 2.14 bits per heavy atom. The largest absolute Gasteiger partial charge is 0.694 e. The smallest absolute Gasteiger partial charge is 0.00939 e. The van der Waals surface area contributed by atoms with E-state index in [2.05, 4.69) is 11.8 Å². The van der Waals surface area contributed by atoms with Crippen LogP contribution >= 0.6 is 0 Å². The molecule has 0 saturated heterocycles. The zero-order valence-electron chi connectivity index (χ0n) is 4.20. The van der Waals surface area contributed by atoms with Crippen molar-refractivity contribution in [2.45, 2.75) is 19.3 Å². The normalized spacial score (nSPS) is 6.57. The average molecular weight is 91.1 g/mol. The molecular formula is C7H7-. The summed E-state index contributed by atoms with van der Waals surface area (Å²) in [5, 5.41) is 0. The Morgan fingerprint density at radius 1 is 1.43 bits per heavy atom. The maximum absolute atomic E-state index is 6.46. The molecule has 0 unspecified atom stereocenters. The first-order valence-electron chi connectivity index (χ1n) is 2.25. The molecule has 0 aliphatic carbocycles. The molecule has 0 spiro atoms. The Balaban J connectivity index is 2.77. The van der Waals surface area contributed by atoms with Crippen LogP contribution in [0.25, 0.3) is 0 Å². The van der Waals surface area contributed by atoms with E-state index in [1.807, 2.05) is 0 Å². The van der Waals surface area contributed by atoms with Gasteiger partial charge in [-0.25, -0.2) is 0 Å². The summed E-state index contributed by atoms with van der Waals surface area (Å²) in [5.41, 5.74) is 0. The van der Waals surface area contributed by atoms with Crippen LogP contribution < -0.4 is 0 Å². The molecule has 7 heavy (non-hydrogen) atoms. The summed E-state index contributed by atoms with van der Waals surface area (Å²) in [5.74, 6) is 4.74. The van der Waals surface area contributed by atoms with Gasteiger partial charge in [0, 0.05) is 6.42 Å². The molecule has 0 radical (unpaired) electrons. The van der Waals surface area contributed by atoms with Gasteiger partial charge in [-0.3, -0.25) is 0 Å². The molecule has 0 N–H and O–H groups in total. The van der Waals surface area contributed by atoms with Gasteiger partial charge in [0.05, 0.1) is 0 Å². The zero-order valence-corrected chi connectivity index (χ0v) is 4.20. The molecule has 0 fully saturated rings. The third-order valence-electron chi connectivity index (χ3n) is 0.623. The number of hydrogen-bond donors (Lipinski definition) is 0. The Kier molecular flexibility index (Phi) is 4.48. The first-order valence-corrected chi connectivity index (χ1v) is 2.25. The van der Waals surface area contributed by atoms with Crippen molar-refractivity contribution in [3.63, 3.8) is 0 Å². The zero-order chi connectivity index (χ0) is 5.54. The van der Waals surface area contributed by atoms with Gasteiger partial charge in [0.2, 0.25) is 0 Å². The molecule has 36 valence electrons. The first kappa shape index (κ1) is 6.12. The molecule has 0 aliphatic heterocycles. The van der Waals surface area contributed by atoms with E-state index in [-0.39, 0.29) is 0 Å². The molecule has 0 bridgehead atoms. The lowest BCUT2D eigenvalue weighted by molar-refractivity contribution is 0.904. The van der Waals surface area contributed by atoms with E-state index in [4.69, 9.17) is 12.8 Å². The van der Waals surface area contributed by atoms with Crippen LogP contribution in [-0.2, 0) is 0 Å². The van der Waals surface area contributed by atoms with Crippen LogP contribution in [0.5, 0.6) is 0 Å². The number of terminal acetylenes is 1. The number of unbranched alkanes of at least 4 members (excludes halogenated alkanes) is 2. The Labute approximate surface area is 44.9 Å². The SMILES string of the molecule is [C-]#CCCCC#C. The summed E-state index contributed by atoms with van der Waals surface area (Å²) in [6, 6.07) is 0. The van der Waals surface area contributed by atoms with E-state index >= 15 is 0 Å². The molecule has 0 aromatic rings. The number of hydrogen-bond acceptors (Lipinski definition) is 0. The molecule has 0 saturated carbocycles. The fourth-order valence-electron chi connectivity index (χ4n) is 0.279. The topological polar surface area (TPSA) is 0 Å². The second kappa shape index (κ2) is 5.12. The van der Waals surface area contributed by atoms with Gasteiger partial charge in [-0.1, -0.05) is 0 Å². The summed E-state index contributed by atoms with van der Waals surface area (Å²) in [6.07, 6.45) is 13.8. The van der Waals surface area contributed by atoms with E-state index < -0.39 is 0 Å². The van der Waals surface area contributed by atoms with Crippen molar-refractivity contribution in [2.75, 3.05) is 0 Å². The predicted molar refractivity (Wildman–Crippen MR) is 29.8 cm³/mol. The molecule has 0 aliphatic rings. The van der Waals surface area contributed by atoms with Crippen molar-refractivity contribution in [2.24, 2.45) is 0 Å². The fraction of sp³-hybridized carbons (Fsp3) is 0.429. The van der Waals surface area contributed by atoms with Crippen LogP contribution in [0.2, 0.25) is 0 Å². The monoisotopic (exact) mass is 91.1 g/mol. The van der Waals surface area contributed by atoms with E-state index in [0.717, 1.165) is 12.8 Å². The predicted octanol–water partition coefficient (Wildman–Crippen LogP) is 1.38. The maximum atomic E-state index is 6.46. The van der Waals surface area contributed by atoms with Gasteiger partial charge < -0.3 is 12.3 Å². The standard InChI is InChI=1S/C7H7/c1-3-5-7-6-4-2/h1H,5-7H2/q-1. The highest BCUT2D eigenvalue weighted by Crippen LogP contribution is 1.89. The van der Waals surface area contributed by atoms with Gasteiger partial charge in [0.1, 0.15) is 0 Å². The first-order chi connectivity index (χ1) is 3.41. The maximum Gasteiger partial charge on any atom is 0.00939 e. The van der Waals surface area contributed by atoms with Crippen molar-refractivity contribution >= 4 is 0 Å². The summed E-state index contributed by atoms with van der Waals surface area (Å²) < 4.78 is 0. The van der Waals surface area contributed by atoms with E-state index in [1.165, 1.54) is 0 Å². The van der Waals surface area contributed by atoms with Gasteiger partial charge in [0.25, 0.3) is 0 Å². The summed E-state index contributed by atoms with van der Waals surface area (Å²) in [6.45, 7) is 0. The van der Waals surface area contributed by atoms with Gasteiger partial charge in [-0.2, -0.15) is 0 Å². The minimum Gasteiger partial charge on any atom is -0.694 e. The molecule has 0 amide bonds. The average Bonchev–Trinajstić information content (AvgIpc) is 1.69. The highest BCUT2D eigenvalue weighted by molar-refractivity contribution is 4.85. The second-order valence-corrected chi connectivity index (χ2v) is 1.23.